The molecule has 0 aromatic heterocycles. The van der Waals surface area contributed by atoms with Gasteiger partial charge in [-0.15, -0.1) is 6.42 Å². The molecule has 0 bridgehead atoms. The van der Waals surface area contributed by atoms with Gasteiger partial charge in [-0.3, -0.25) is 0 Å². The summed E-state index contributed by atoms with van der Waals surface area (Å²) in [5.41, 5.74) is 4.84. The molecule has 1 aromatic rings. The third kappa shape index (κ3) is 3.22. The summed E-state index contributed by atoms with van der Waals surface area (Å²) in [5, 5.41) is 0. The lowest BCUT2D eigenvalue weighted by Gasteiger charge is -2.19. The summed E-state index contributed by atoms with van der Waals surface area (Å²) in [5.74, 6) is -0.00128. The van der Waals surface area contributed by atoms with Crippen molar-refractivity contribution in [3.8, 4) is 12.3 Å². The van der Waals surface area contributed by atoms with E-state index >= 15 is 0 Å². The van der Waals surface area contributed by atoms with Crippen LogP contribution in [0.5, 0.6) is 0 Å². The molecule has 1 rings (SSSR count). The molecule has 0 saturated carbocycles. The Kier molecular flexibility index (Phi) is 4.86. The van der Waals surface area contributed by atoms with Gasteiger partial charge in [0.25, 0.3) is 0 Å². The van der Waals surface area contributed by atoms with E-state index in [2.05, 4.69) is 5.92 Å². The number of nitrogen functional groups attached to an aromatic ring is 1. The number of hydrogen-bond acceptors (Lipinski definition) is 3. The molecule has 7 heteroatoms. The van der Waals surface area contributed by atoms with E-state index in [-0.39, 0.29) is 13.1 Å². The minimum Gasteiger partial charge on any atom is -0.396 e. The molecule has 0 spiro atoms. The van der Waals surface area contributed by atoms with Crippen LogP contribution >= 0.6 is 0 Å². The smallest absolute Gasteiger partial charge is 0.246 e. The first-order valence-electron chi connectivity index (χ1n) is 5.52. The lowest BCUT2D eigenvalue weighted by Crippen LogP contribution is -2.33. The fourth-order valence-corrected chi connectivity index (χ4v) is 3.04. The first kappa shape index (κ1) is 15.4. The van der Waals surface area contributed by atoms with Gasteiger partial charge in [-0.05, 0) is 12.5 Å². The van der Waals surface area contributed by atoms with E-state index < -0.39 is 32.2 Å². The Balaban J connectivity index is 3.33. The maximum absolute atomic E-state index is 13.6. The number of benzene rings is 1. The van der Waals surface area contributed by atoms with Crippen LogP contribution in [0.25, 0.3) is 0 Å². The second-order valence-electron chi connectivity index (χ2n) is 3.85. The summed E-state index contributed by atoms with van der Waals surface area (Å²) in [7, 11) is -4.13. The van der Waals surface area contributed by atoms with Gasteiger partial charge in [-0.25, -0.2) is 17.2 Å². The minimum absolute atomic E-state index is 0.142. The van der Waals surface area contributed by atoms with Crippen molar-refractivity contribution in [1.82, 2.24) is 4.31 Å². The molecule has 0 aliphatic carbocycles. The van der Waals surface area contributed by atoms with Crippen molar-refractivity contribution in [2.75, 3.05) is 18.8 Å². The lowest BCUT2D eigenvalue weighted by atomic mass is 10.3. The molecular formula is C12H14F2N2O2S. The van der Waals surface area contributed by atoms with Gasteiger partial charge in [0.1, 0.15) is 16.5 Å². The zero-order valence-electron chi connectivity index (χ0n) is 10.4. The van der Waals surface area contributed by atoms with Crippen molar-refractivity contribution >= 4 is 15.7 Å². The predicted molar refractivity (Wildman–Crippen MR) is 68.7 cm³/mol. The fourth-order valence-electron chi connectivity index (χ4n) is 1.52. The van der Waals surface area contributed by atoms with Gasteiger partial charge >= 0.3 is 0 Å². The molecule has 4 nitrogen and oxygen atoms in total. The molecule has 19 heavy (non-hydrogen) atoms. The highest BCUT2D eigenvalue weighted by atomic mass is 32.2. The summed E-state index contributed by atoms with van der Waals surface area (Å²) < 4.78 is 52.0. The van der Waals surface area contributed by atoms with E-state index in [1.165, 1.54) is 0 Å². The maximum Gasteiger partial charge on any atom is 0.246 e. The largest absolute Gasteiger partial charge is 0.396 e. The molecule has 104 valence electrons. The van der Waals surface area contributed by atoms with Gasteiger partial charge in [-0.2, -0.15) is 4.31 Å². The molecule has 0 fully saturated rings. The van der Waals surface area contributed by atoms with Crippen molar-refractivity contribution < 1.29 is 17.2 Å². The van der Waals surface area contributed by atoms with Gasteiger partial charge in [0.2, 0.25) is 10.0 Å². The fraction of sp³-hybridized carbons (Fsp3) is 0.333. The van der Waals surface area contributed by atoms with E-state index in [0.29, 0.717) is 12.5 Å². The van der Waals surface area contributed by atoms with Crippen LogP contribution < -0.4 is 5.73 Å². The Hall–Kier alpha value is -1.65. The molecule has 1 aromatic carbocycles. The van der Waals surface area contributed by atoms with E-state index in [1.54, 1.807) is 6.92 Å². The van der Waals surface area contributed by atoms with E-state index in [4.69, 9.17) is 12.2 Å². The standard InChI is InChI=1S/C12H14F2N2O2S/c1-3-5-16(6-4-2)19(17,18)12-8-11(15)9(13)7-10(12)14/h1,7-8H,4-6,15H2,2H3. The van der Waals surface area contributed by atoms with Gasteiger partial charge in [0.05, 0.1) is 12.2 Å². The Morgan fingerprint density at radius 2 is 2.00 bits per heavy atom. The maximum atomic E-state index is 13.6. The van der Waals surface area contributed by atoms with Crippen LogP contribution in [0.15, 0.2) is 17.0 Å². The number of sulfonamides is 1. The van der Waals surface area contributed by atoms with Crippen molar-refractivity contribution in [2.24, 2.45) is 0 Å². The number of rotatable bonds is 5. The number of anilines is 1. The predicted octanol–water partition coefficient (Wildman–Crippen LogP) is 1.58. The first-order chi connectivity index (χ1) is 8.84. The third-order valence-electron chi connectivity index (χ3n) is 2.41. The Bertz CT molecular complexity index is 609. The molecule has 0 heterocycles. The number of terminal acetylenes is 1. The van der Waals surface area contributed by atoms with Crippen LogP contribution in [-0.2, 0) is 10.0 Å². The van der Waals surface area contributed by atoms with Crippen molar-refractivity contribution in [2.45, 2.75) is 18.2 Å². The Labute approximate surface area is 111 Å². The second kappa shape index (κ2) is 5.99. The topological polar surface area (TPSA) is 63.4 Å². The molecule has 2 N–H and O–H groups in total. The lowest BCUT2D eigenvalue weighted by molar-refractivity contribution is 0.440. The summed E-state index contributed by atoms with van der Waals surface area (Å²) in [6.07, 6.45) is 5.61. The molecular weight excluding hydrogens is 274 g/mol. The normalized spacial score (nSPS) is 11.5. The third-order valence-corrected chi connectivity index (χ3v) is 4.27. The van der Waals surface area contributed by atoms with Crippen molar-refractivity contribution in [1.29, 1.82) is 0 Å². The average Bonchev–Trinajstić information content (AvgIpc) is 2.33. The summed E-state index contributed by atoms with van der Waals surface area (Å²) in [6.45, 7) is 1.71. The van der Waals surface area contributed by atoms with Gasteiger partial charge in [-0.1, -0.05) is 12.8 Å². The highest BCUT2D eigenvalue weighted by Gasteiger charge is 2.27. The van der Waals surface area contributed by atoms with Gasteiger partial charge in [0.15, 0.2) is 0 Å². The summed E-state index contributed by atoms with van der Waals surface area (Å²) >= 11 is 0. The summed E-state index contributed by atoms with van der Waals surface area (Å²) in [4.78, 5) is -0.671. The second-order valence-corrected chi connectivity index (χ2v) is 5.75. The van der Waals surface area contributed by atoms with Gasteiger partial charge < -0.3 is 5.73 Å². The minimum atomic E-state index is -4.13. The van der Waals surface area contributed by atoms with Crippen LogP contribution in [0.2, 0.25) is 0 Å². The first-order valence-corrected chi connectivity index (χ1v) is 6.96. The molecule has 0 saturated heterocycles. The number of hydrogen-bond donors (Lipinski definition) is 1. The molecule has 0 radical (unpaired) electrons. The number of halogens is 2. The quantitative estimate of drug-likeness (QED) is 0.661. The number of nitrogens with two attached hydrogens (primary N) is 1. The van der Waals surface area contributed by atoms with E-state index in [0.717, 1.165) is 10.4 Å². The van der Waals surface area contributed by atoms with E-state index in [1.807, 2.05) is 0 Å². The molecule has 0 aliphatic rings. The highest BCUT2D eigenvalue weighted by Crippen LogP contribution is 2.24. The zero-order valence-corrected chi connectivity index (χ0v) is 11.2. The van der Waals surface area contributed by atoms with Crippen LogP contribution in [0.1, 0.15) is 13.3 Å². The van der Waals surface area contributed by atoms with Crippen LogP contribution in [0.3, 0.4) is 0 Å². The van der Waals surface area contributed by atoms with Crippen molar-refractivity contribution in [3.63, 3.8) is 0 Å². The van der Waals surface area contributed by atoms with Crippen LogP contribution in [0, 0.1) is 24.0 Å². The average molecular weight is 288 g/mol. The molecule has 0 unspecified atom stereocenters. The van der Waals surface area contributed by atoms with Crippen LogP contribution in [-0.4, -0.2) is 25.8 Å². The zero-order chi connectivity index (χ0) is 14.6. The SMILES string of the molecule is C#CCN(CCC)S(=O)(=O)c1cc(N)c(F)cc1F. The van der Waals surface area contributed by atoms with Crippen LogP contribution in [0.4, 0.5) is 14.5 Å². The molecule has 0 amide bonds. The Morgan fingerprint density at radius 3 is 2.53 bits per heavy atom. The summed E-state index contributed by atoms with van der Waals surface area (Å²) in [6, 6.07) is 1.21. The molecule has 0 aliphatic heterocycles. The van der Waals surface area contributed by atoms with Crippen molar-refractivity contribution in [3.05, 3.63) is 23.8 Å². The highest BCUT2D eigenvalue weighted by molar-refractivity contribution is 7.89. The monoisotopic (exact) mass is 288 g/mol. The van der Waals surface area contributed by atoms with E-state index in [9.17, 15) is 17.2 Å². The number of nitrogens with zero attached hydrogens (tertiary/aromatic N) is 1. The Morgan fingerprint density at radius 1 is 1.37 bits per heavy atom. The van der Waals surface area contributed by atoms with Gasteiger partial charge in [0, 0.05) is 12.6 Å². The molecule has 0 atom stereocenters.